The van der Waals surface area contributed by atoms with Gasteiger partial charge in [-0.3, -0.25) is 4.79 Å². The highest BCUT2D eigenvalue weighted by Gasteiger charge is 2.40. The number of hydrogen-bond acceptors (Lipinski definition) is 4. The number of ether oxygens (including phenoxy) is 1. The third-order valence-electron chi connectivity index (χ3n) is 2.69. The first-order chi connectivity index (χ1) is 6.90. The van der Waals surface area contributed by atoms with Gasteiger partial charge in [-0.2, -0.15) is 0 Å². The molecule has 88 valence electrons. The molecule has 0 radical (unpaired) electrons. The van der Waals surface area contributed by atoms with Crippen LogP contribution < -0.4 is 11.1 Å². The zero-order chi connectivity index (χ0) is 11.5. The lowest BCUT2D eigenvalue weighted by Crippen LogP contribution is -2.59. The molecule has 15 heavy (non-hydrogen) atoms. The van der Waals surface area contributed by atoms with Crippen LogP contribution in [0, 0.1) is 0 Å². The maximum absolute atomic E-state index is 11.9. The molecule has 0 spiro atoms. The Morgan fingerprint density at radius 1 is 1.67 bits per heavy atom. The van der Waals surface area contributed by atoms with E-state index in [1.165, 1.54) is 0 Å². The Bertz CT molecular complexity index is 235. The molecule has 1 aliphatic rings. The lowest BCUT2D eigenvalue weighted by molar-refractivity contribution is -0.128. The van der Waals surface area contributed by atoms with Gasteiger partial charge in [0.1, 0.15) is 5.54 Å². The van der Waals surface area contributed by atoms with Crippen molar-refractivity contribution in [2.24, 2.45) is 5.73 Å². The van der Waals surface area contributed by atoms with Crippen LogP contribution in [0.1, 0.15) is 26.7 Å². The van der Waals surface area contributed by atoms with Crippen molar-refractivity contribution < 1.29 is 14.6 Å². The topological polar surface area (TPSA) is 84.6 Å². The molecule has 0 saturated carbocycles. The monoisotopic (exact) mass is 216 g/mol. The fourth-order valence-corrected chi connectivity index (χ4v) is 1.53. The summed E-state index contributed by atoms with van der Waals surface area (Å²) in [6.07, 6.45) is 1.06. The lowest BCUT2D eigenvalue weighted by Gasteiger charge is -2.30. The van der Waals surface area contributed by atoms with Gasteiger partial charge in [-0.25, -0.2) is 0 Å². The molecule has 1 aliphatic heterocycles. The molecule has 1 atom stereocenters. The van der Waals surface area contributed by atoms with Gasteiger partial charge in [-0.1, -0.05) is 0 Å². The van der Waals surface area contributed by atoms with Crippen LogP contribution in [0.25, 0.3) is 0 Å². The van der Waals surface area contributed by atoms with Crippen LogP contribution in [0.5, 0.6) is 0 Å². The summed E-state index contributed by atoms with van der Waals surface area (Å²) in [4.78, 5) is 11.9. The van der Waals surface area contributed by atoms with Crippen LogP contribution in [0.3, 0.4) is 0 Å². The highest BCUT2D eigenvalue weighted by molar-refractivity contribution is 5.87. The number of amides is 1. The molecule has 1 unspecified atom stereocenters. The molecule has 1 amide bonds. The van der Waals surface area contributed by atoms with Crippen molar-refractivity contribution in [3.8, 4) is 0 Å². The Hall–Kier alpha value is -0.650. The molecule has 0 aromatic carbocycles. The molecular weight excluding hydrogens is 196 g/mol. The molecule has 1 saturated heterocycles. The van der Waals surface area contributed by atoms with E-state index in [4.69, 9.17) is 15.6 Å². The Labute approximate surface area is 90.0 Å². The number of carbonyl (C=O) groups excluding carboxylic acids is 1. The van der Waals surface area contributed by atoms with Gasteiger partial charge in [0.25, 0.3) is 0 Å². The number of aliphatic hydroxyl groups is 1. The molecule has 0 bridgehead atoms. The lowest BCUT2D eigenvalue weighted by atomic mass is 9.95. The van der Waals surface area contributed by atoms with Gasteiger partial charge in [-0.15, -0.1) is 0 Å². The van der Waals surface area contributed by atoms with E-state index >= 15 is 0 Å². The number of nitrogens with one attached hydrogen (secondary N) is 1. The maximum atomic E-state index is 11.9. The summed E-state index contributed by atoms with van der Waals surface area (Å²) in [6, 6.07) is 0. The zero-order valence-corrected chi connectivity index (χ0v) is 9.38. The molecule has 1 rings (SSSR count). The summed E-state index contributed by atoms with van der Waals surface area (Å²) in [5.74, 6) is -0.196. The second-order valence-corrected chi connectivity index (χ2v) is 4.77. The van der Waals surface area contributed by atoms with Gasteiger partial charge in [-0.05, 0) is 26.7 Å². The summed E-state index contributed by atoms with van der Waals surface area (Å²) in [6.45, 7) is 4.57. The van der Waals surface area contributed by atoms with Crippen molar-refractivity contribution >= 4 is 5.91 Å². The second kappa shape index (κ2) is 4.47. The van der Waals surface area contributed by atoms with Gasteiger partial charge < -0.3 is 20.9 Å². The number of carbonyl (C=O) groups is 1. The average molecular weight is 216 g/mol. The average Bonchev–Trinajstić information content (AvgIpc) is 2.52. The van der Waals surface area contributed by atoms with E-state index in [9.17, 15) is 4.79 Å². The third-order valence-corrected chi connectivity index (χ3v) is 2.69. The van der Waals surface area contributed by atoms with Crippen molar-refractivity contribution in [3.05, 3.63) is 0 Å². The van der Waals surface area contributed by atoms with E-state index in [0.717, 1.165) is 0 Å². The van der Waals surface area contributed by atoms with E-state index in [2.05, 4.69) is 5.32 Å². The molecule has 1 heterocycles. The van der Waals surface area contributed by atoms with E-state index in [-0.39, 0.29) is 19.1 Å². The first-order valence-corrected chi connectivity index (χ1v) is 5.20. The summed E-state index contributed by atoms with van der Waals surface area (Å²) in [5, 5.41) is 11.7. The number of hydrogen-bond donors (Lipinski definition) is 3. The summed E-state index contributed by atoms with van der Waals surface area (Å²) >= 11 is 0. The first-order valence-electron chi connectivity index (χ1n) is 5.20. The number of aliphatic hydroxyl groups excluding tert-OH is 1. The summed E-state index contributed by atoms with van der Waals surface area (Å²) < 4.78 is 5.12. The zero-order valence-electron chi connectivity index (χ0n) is 9.38. The second-order valence-electron chi connectivity index (χ2n) is 4.77. The van der Waals surface area contributed by atoms with E-state index < -0.39 is 11.1 Å². The molecule has 4 N–H and O–H groups in total. The minimum atomic E-state index is -0.896. The molecule has 5 nitrogen and oxygen atoms in total. The molecule has 0 aromatic rings. The Balaban J connectivity index is 2.54. The van der Waals surface area contributed by atoms with Crippen LogP contribution >= 0.6 is 0 Å². The molecular formula is C10H20N2O3. The van der Waals surface area contributed by atoms with Gasteiger partial charge in [0.15, 0.2) is 0 Å². The van der Waals surface area contributed by atoms with E-state index in [1.807, 2.05) is 13.8 Å². The minimum absolute atomic E-state index is 0.0430. The standard InChI is InChI=1S/C10H20N2O3/c1-9(2,3-5-13)12-8(14)10(11)4-6-15-7-10/h13H,3-7,11H2,1-2H3,(H,12,14). The summed E-state index contributed by atoms with van der Waals surface area (Å²) in [7, 11) is 0. The normalized spacial score (nSPS) is 26.7. The predicted octanol–water partition coefficient (Wildman–Crippen LogP) is -0.619. The fraction of sp³-hybridized carbons (Fsp3) is 0.900. The highest BCUT2D eigenvalue weighted by atomic mass is 16.5. The van der Waals surface area contributed by atoms with Crippen LogP contribution in [-0.2, 0) is 9.53 Å². The fourth-order valence-electron chi connectivity index (χ4n) is 1.53. The van der Waals surface area contributed by atoms with Crippen molar-refractivity contribution in [2.75, 3.05) is 19.8 Å². The van der Waals surface area contributed by atoms with Crippen LogP contribution in [0.4, 0.5) is 0 Å². The van der Waals surface area contributed by atoms with Crippen LogP contribution in [-0.4, -0.2) is 41.9 Å². The Kier molecular flexibility index (Phi) is 3.70. The third kappa shape index (κ3) is 3.15. The quantitative estimate of drug-likeness (QED) is 0.585. The van der Waals surface area contributed by atoms with E-state index in [0.29, 0.717) is 19.4 Å². The molecule has 5 heteroatoms. The van der Waals surface area contributed by atoms with Crippen molar-refractivity contribution in [1.82, 2.24) is 5.32 Å². The Morgan fingerprint density at radius 2 is 2.33 bits per heavy atom. The van der Waals surface area contributed by atoms with Gasteiger partial charge in [0, 0.05) is 18.8 Å². The predicted molar refractivity (Wildman–Crippen MR) is 56.3 cm³/mol. The van der Waals surface area contributed by atoms with Gasteiger partial charge in [0.05, 0.1) is 6.61 Å². The van der Waals surface area contributed by atoms with Gasteiger partial charge in [0.2, 0.25) is 5.91 Å². The molecule has 1 fully saturated rings. The number of rotatable bonds is 4. The maximum Gasteiger partial charge on any atom is 0.242 e. The minimum Gasteiger partial charge on any atom is -0.396 e. The van der Waals surface area contributed by atoms with E-state index in [1.54, 1.807) is 0 Å². The highest BCUT2D eigenvalue weighted by Crippen LogP contribution is 2.17. The van der Waals surface area contributed by atoms with Crippen LogP contribution in [0.2, 0.25) is 0 Å². The Morgan fingerprint density at radius 3 is 2.80 bits per heavy atom. The van der Waals surface area contributed by atoms with Crippen LogP contribution in [0.15, 0.2) is 0 Å². The smallest absolute Gasteiger partial charge is 0.242 e. The molecule has 0 aliphatic carbocycles. The van der Waals surface area contributed by atoms with Crippen molar-refractivity contribution in [3.63, 3.8) is 0 Å². The van der Waals surface area contributed by atoms with Crippen molar-refractivity contribution in [1.29, 1.82) is 0 Å². The number of nitrogens with two attached hydrogens (primary N) is 1. The molecule has 0 aromatic heterocycles. The first kappa shape index (κ1) is 12.4. The SMILES string of the molecule is CC(C)(CCO)NC(=O)C1(N)CCOC1. The summed E-state index contributed by atoms with van der Waals surface area (Å²) in [5.41, 5.74) is 4.58. The van der Waals surface area contributed by atoms with Gasteiger partial charge >= 0.3 is 0 Å². The van der Waals surface area contributed by atoms with Crippen molar-refractivity contribution in [2.45, 2.75) is 37.8 Å². The largest absolute Gasteiger partial charge is 0.396 e.